The van der Waals surface area contributed by atoms with Crippen LogP contribution in [0.2, 0.25) is 0 Å². The van der Waals surface area contributed by atoms with Crippen LogP contribution in [0.1, 0.15) is 21.6 Å². The molecule has 1 aromatic heterocycles. The predicted molar refractivity (Wildman–Crippen MR) is 89.1 cm³/mol. The van der Waals surface area contributed by atoms with E-state index in [2.05, 4.69) is 20.9 Å². The van der Waals surface area contributed by atoms with Crippen molar-refractivity contribution in [2.45, 2.75) is 0 Å². The van der Waals surface area contributed by atoms with Crippen molar-refractivity contribution in [3.8, 4) is 0 Å². The molecule has 0 saturated carbocycles. The number of fused-ring (bicyclic) bond motifs is 1. The number of aromatic carboxylic acids is 1. The third kappa shape index (κ3) is 3.29. The Morgan fingerprint density at radius 1 is 1.13 bits per heavy atom. The summed E-state index contributed by atoms with van der Waals surface area (Å²) >= 11 is 3.20. The van der Waals surface area contributed by atoms with Gasteiger partial charge in [0.1, 0.15) is 5.82 Å². The zero-order valence-corrected chi connectivity index (χ0v) is 13.4. The molecule has 0 amide bonds. The monoisotopic (exact) mass is 370 g/mol. The highest BCUT2D eigenvalue weighted by Gasteiger charge is 2.05. The van der Waals surface area contributed by atoms with Gasteiger partial charge in [-0.05, 0) is 36.4 Å². The lowest BCUT2D eigenvalue weighted by atomic mass is 10.1. The van der Waals surface area contributed by atoms with Crippen molar-refractivity contribution in [2.75, 3.05) is 0 Å². The van der Waals surface area contributed by atoms with Crippen LogP contribution in [0.25, 0.3) is 23.1 Å². The molecule has 0 fully saturated rings. The molecular formula is C18H10BrFNO2-. The second kappa shape index (κ2) is 6.30. The average molecular weight is 371 g/mol. The van der Waals surface area contributed by atoms with E-state index in [0.717, 1.165) is 0 Å². The lowest BCUT2D eigenvalue weighted by Crippen LogP contribution is -2.22. The molecule has 0 radical (unpaired) electrons. The minimum atomic E-state index is -1.27. The Morgan fingerprint density at radius 2 is 1.91 bits per heavy atom. The zero-order chi connectivity index (χ0) is 16.4. The Labute approximate surface area is 140 Å². The maximum absolute atomic E-state index is 13.8. The van der Waals surface area contributed by atoms with Crippen LogP contribution in [0.15, 0.2) is 53.0 Å². The molecule has 0 N–H and O–H groups in total. The Hall–Kier alpha value is -2.53. The van der Waals surface area contributed by atoms with E-state index in [9.17, 15) is 14.3 Å². The molecule has 0 spiro atoms. The maximum atomic E-state index is 13.8. The van der Waals surface area contributed by atoms with Crippen molar-refractivity contribution >= 4 is 45.0 Å². The van der Waals surface area contributed by atoms with E-state index in [4.69, 9.17) is 0 Å². The molecule has 0 aliphatic carbocycles. The molecule has 3 rings (SSSR count). The van der Waals surface area contributed by atoms with Crippen LogP contribution in [0.5, 0.6) is 0 Å². The third-order valence-electron chi connectivity index (χ3n) is 3.35. The van der Waals surface area contributed by atoms with Gasteiger partial charge >= 0.3 is 0 Å². The summed E-state index contributed by atoms with van der Waals surface area (Å²) in [5.41, 5.74) is 1.42. The van der Waals surface area contributed by atoms with Gasteiger partial charge in [0.05, 0.1) is 17.2 Å². The van der Waals surface area contributed by atoms with E-state index in [1.54, 1.807) is 48.6 Å². The van der Waals surface area contributed by atoms with Gasteiger partial charge in [0, 0.05) is 21.0 Å². The van der Waals surface area contributed by atoms with Gasteiger partial charge in [-0.1, -0.05) is 40.2 Å². The van der Waals surface area contributed by atoms with Gasteiger partial charge in [0.2, 0.25) is 0 Å². The lowest BCUT2D eigenvalue weighted by molar-refractivity contribution is -0.254. The number of carboxylic acids is 1. The van der Waals surface area contributed by atoms with E-state index in [1.165, 1.54) is 12.1 Å². The number of carbonyl (C=O) groups is 1. The molecule has 1 heterocycles. The quantitative estimate of drug-likeness (QED) is 0.706. The number of hydrogen-bond donors (Lipinski definition) is 0. The molecule has 2 aromatic carbocycles. The van der Waals surface area contributed by atoms with Gasteiger partial charge < -0.3 is 9.90 Å². The van der Waals surface area contributed by atoms with Crippen LogP contribution in [-0.2, 0) is 0 Å². The molecule has 0 aliphatic heterocycles. The van der Waals surface area contributed by atoms with Crippen LogP contribution < -0.4 is 5.11 Å². The first-order valence-electron chi connectivity index (χ1n) is 6.79. The molecular weight excluding hydrogens is 361 g/mol. The molecule has 0 aliphatic rings. The first-order valence-corrected chi connectivity index (χ1v) is 7.58. The summed E-state index contributed by atoms with van der Waals surface area (Å²) in [6.45, 7) is 0. The Morgan fingerprint density at radius 3 is 2.65 bits per heavy atom. The van der Waals surface area contributed by atoms with E-state index >= 15 is 0 Å². The van der Waals surface area contributed by atoms with Crippen molar-refractivity contribution in [3.63, 3.8) is 0 Å². The first-order chi connectivity index (χ1) is 11.0. The fraction of sp³-hybridized carbons (Fsp3) is 0. The molecule has 5 heteroatoms. The van der Waals surface area contributed by atoms with E-state index in [1.807, 2.05) is 0 Å². The molecule has 23 heavy (non-hydrogen) atoms. The molecule has 0 atom stereocenters. The molecule has 0 saturated heterocycles. The van der Waals surface area contributed by atoms with Crippen LogP contribution in [0.4, 0.5) is 4.39 Å². The highest BCUT2D eigenvalue weighted by molar-refractivity contribution is 9.10. The number of pyridine rings is 1. The van der Waals surface area contributed by atoms with Gasteiger partial charge in [-0.2, -0.15) is 0 Å². The second-order valence-electron chi connectivity index (χ2n) is 4.90. The highest BCUT2D eigenvalue weighted by Crippen LogP contribution is 2.20. The van der Waals surface area contributed by atoms with Crippen LogP contribution >= 0.6 is 15.9 Å². The zero-order valence-electron chi connectivity index (χ0n) is 11.8. The fourth-order valence-electron chi connectivity index (χ4n) is 2.26. The molecule has 0 unspecified atom stereocenters. The Kier molecular flexibility index (Phi) is 4.21. The fourth-order valence-corrected chi connectivity index (χ4v) is 2.60. The molecule has 3 nitrogen and oxygen atoms in total. The summed E-state index contributed by atoms with van der Waals surface area (Å²) in [4.78, 5) is 15.7. The lowest BCUT2D eigenvalue weighted by Gasteiger charge is -2.08. The summed E-state index contributed by atoms with van der Waals surface area (Å²) in [5, 5.41) is 11.8. The number of para-hydroxylation sites is 1. The number of nitrogens with zero attached hydrogens (tertiary/aromatic N) is 1. The Balaban J connectivity index is 2.06. The smallest absolute Gasteiger partial charge is 0.131 e. The highest BCUT2D eigenvalue weighted by atomic mass is 79.9. The van der Waals surface area contributed by atoms with E-state index < -0.39 is 5.97 Å². The van der Waals surface area contributed by atoms with E-state index in [-0.39, 0.29) is 11.4 Å². The van der Waals surface area contributed by atoms with Gasteiger partial charge in [-0.25, -0.2) is 9.37 Å². The predicted octanol–water partition coefficient (Wildman–Crippen LogP) is 3.67. The van der Waals surface area contributed by atoms with Gasteiger partial charge in [0.15, 0.2) is 0 Å². The van der Waals surface area contributed by atoms with Crippen LogP contribution in [0, 0.1) is 5.82 Å². The first kappa shape index (κ1) is 15.4. The number of benzene rings is 2. The van der Waals surface area contributed by atoms with Crippen molar-refractivity contribution in [3.05, 3.63) is 75.6 Å². The molecule has 3 aromatic rings. The third-order valence-corrected chi connectivity index (χ3v) is 3.85. The van der Waals surface area contributed by atoms with Crippen molar-refractivity contribution in [2.24, 2.45) is 0 Å². The summed E-state index contributed by atoms with van der Waals surface area (Å²) in [7, 11) is 0. The van der Waals surface area contributed by atoms with Gasteiger partial charge in [0.25, 0.3) is 0 Å². The number of carboxylic acid groups (broad SMARTS) is 1. The van der Waals surface area contributed by atoms with Gasteiger partial charge in [-0.15, -0.1) is 0 Å². The molecule has 114 valence electrons. The number of halogens is 2. The minimum Gasteiger partial charge on any atom is -0.545 e. The summed E-state index contributed by atoms with van der Waals surface area (Å²) in [6, 6.07) is 13.0. The number of carbonyl (C=O) groups excluding carboxylic acids is 1. The number of aromatic nitrogens is 1. The summed E-state index contributed by atoms with van der Waals surface area (Å²) < 4.78 is 14.5. The number of rotatable bonds is 3. The Bertz CT molecular complexity index is 937. The van der Waals surface area contributed by atoms with E-state index in [0.29, 0.717) is 26.6 Å². The largest absolute Gasteiger partial charge is 0.545 e. The number of hydrogen-bond acceptors (Lipinski definition) is 3. The van der Waals surface area contributed by atoms with Crippen molar-refractivity contribution in [1.82, 2.24) is 4.98 Å². The standard InChI is InChI=1S/C18H11BrFNO2/c19-12-7-5-11(16(20)9-12)6-8-13-10-15(18(22)23)14-3-1-2-4-17(14)21-13/h1-10H,(H,22,23)/p-1/b8-6+. The van der Waals surface area contributed by atoms with Crippen molar-refractivity contribution in [1.29, 1.82) is 0 Å². The van der Waals surface area contributed by atoms with Crippen LogP contribution in [-0.4, -0.2) is 11.0 Å². The maximum Gasteiger partial charge on any atom is 0.131 e. The normalized spacial score (nSPS) is 11.2. The topological polar surface area (TPSA) is 53.0 Å². The average Bonchev–Trinajstić information content (AvgIpc) is 2.53. The van der Waals surface area contributed by atoms with Crippen LogP contribution in [0.3, 0.4) is 0 Å². The van der Waals surface area contributed by atoms with Gasteiger partial charge in [-0.3, -0.25) is 0 Å². The minimum absolute atomic E-state index is 0.0616. The SMILES string of the molecule is O=C([O-])c1cc(/C=C/c2ccc(Br)cc2F)nc2ccccc12. The molecule has 0 bridgehead atoms. The summed E-state index contributed by atoms with van der Waals surface area (Å²) in [6.07, 6.45) is 3.13. The summed E-state index contributed by atoms with van der Waals surface area (Å²) in [5.74, 6) is -1.65. The van der Waals surface area contributed by atoms with Crippen molar-refractivity contribution < 1.29 is 14.3 Å². The second-order valence-corrected chi connectivity index (χ2v) is 5.81.